The molecule has 0 unspecified atom stereocenters. The minimum absolute atomic E-state index is 0.205. The fraction of sp³-hybridized carbons (Fsp3) is 0.357. The molecule has 1 aromatic heterocycles. The highest BCUT2D eigenvalue weighted by atomic mass is 32.1. The van der Waals surface area contributed by atoms with Crippen molar-refractivity contribution in [3.63, 3.8) is 0 Å². The Hall–Kier alpha value is -3.33. The summed E-state index contributed by atoms with van der Waals surface area (Å²) < 4.78 is 40.6. The van der Waals surface area contributed by atoms with Gasteiger partial charge in [-0.15, -0.1) is 11.3 Å². The molecule has 1 aliphatic carbocycles. The Morgan fingerprint density at radius 3 is 2.27 bits per heavy atom. The summed E-state index contributed by atoms with van der Waals surface area (Å²) in [4.78, 5) is 31.2. The lowest BCUT2D eigenvalue weighted by Gasteiger charge is -2.35. The Morgan fingerprint density at radius 2 is 1.59 bits per heavy atom. The molecule has 3 aromatic rings. The fourth-order valence-corrected chi connectivity index (χ4v) is 5.38. The number of alkyl halides is 3. The second-order valence-corrected chi connectivity index (χ2v) is 10.2. The Labute approximate surface area is 218 Å². The molecule has 1 saturated carbocycles. The summed E-state index contributed by atoms with van der Waals surface area (Å²) in [6.45, 7) is 0.555. The Bertz CT molecular complexity index is 1160. The first-order valence-corrected chi connectivity index (χ1v) is 13.3. The van der Waals surface area contributed by atoms with Crippen LogP contribution in [0.5, 0.6) is 0 Å². The maximum Gasteiger partial charge on any atom is 0.418 e. The van der Waals surface area contributed by atoms with Gasteiger partial charge in [0, 0.05) is 17.5 Å². The van der Waals surface area contributed by atoms with Gasteiger partial charge in [0.25, 0.3) is 0 Å². The van der Waals surface area contributed by atoms with Gasteiger partial charge in [0.15, 0.2) is 0 Å². The van der Waals surface area contributed by atoms with Gasteiger partial charge in [-0.3, -0.25) is 4.79 Å². The molecule has 4 rings (SSSR count). The summed E-state index contributed by atoms with van der Waals surface area (Å²) in [5.74, 6) is -0.248. The average Bonchev–Trinajstić information content (AvgIpc) is 3.41. The number of benzene rings is 2. The molecule has 0 spiro atoms. The minimum Gasteiger partial charge on any atom is -0.332 e. The number of hydrogen-bond acceptors (Lipinski definition) is 3. The largest absolute Gasteiger partial charge is 0.418 e. The first-order chi connectivity index (χ1) is 17.8. The van der Waals surface area contributed by atoms with Crippen LogP contribution < -0.4 is 5.32 Å². The minimum atomic E-state index is -4.61. The predicted octanol–water partition coefficient (Wildman–Crippen LogP) is 7.16. The van der Waals surface area contributed by atoms with Crippen LogP contribution in [0, 0.1) is 0 Å². The van der Waals surface area contributed by atoms with E-state index in [1.807, 2.05) is 47.8 Å². The molecule has 0 saturated heterocycles. The van der Waals surface area contributed by atoms with Crippen molar-refractivity contribution >= 4 is 29.0 Å². The zero-order chi connectivity index (χ0) is 26.3. The lowest BCUT2D eigenvalue weighted by Crippen LogP contribution is -2.49. The lowest BCUT2D eigenvalue weighted by atomic mass is 9.94. The Kier molecular flexibility index (Phi) is 8.87. The summed E-state index contributed by atoms with van der Waals surface area (Å²) in [6.07, 6.45) is -0.330. The van der Waals surface area contributed by atoms with Gasteiger partial charge >= 0.3 is 12.2 Å². The predicted molar refractivity (Wildman–Crippen MR) is 139 cm³/mol. The molecule has 3 amide bonds. The van der Waals surface area contributed by atoms with E-state index in [1.54, 1.807) is 16.2 Å². The fourth-order valence-electron chi connectivity index (χ4n) is 4.66. The maximum absolute atomic E-state index is 13.6. The van der Waals surface area contributed by atoms with Gasteiger partial charge in [0.2, 0.25) is 5.91 Å². The number of thiophene rings is 1. The molecule has 0 aliphatic heterocycles. The van der Waals surface area contributed by atoms with E-state index in [2.05, 4.69) is 5.32 Å². The van der Waals surface area contributed by atoms with Crippen LogP contribution in [-0.2, 0) is 24.1 Å². The monoisotopic (exact) mass is 529 g/mol. The highest BCUT2D eigenvalue weighted by Crippen LogP contribution is 2.35. The number of urea groups is 1. The van der Waals surface area contributed by atoms with Crippen molar-refractivity contribution in [2.75, 3.05) is 11.9 Å². The second-order valence-electron chi connectivity index (χ2n) is 9.21. The third-order valence-corrected chi connectivity index (χ3v) is 7.41. The van der Waals surface area contributed by atoms with E-state index >= 15 is 0 Å². The number of carbonyl (C=O) groups is 2. The molecule has 5 nitrogen and oxygen atoms in total. The van der Waals surface area contributed by atoms with Gasteiger partial charge in [-0.2, -0.15) is 13.2 Å². The van der Waals surface area contributed by atoms with E-state index in [0.717, 1.165) is 35.8 Å². The van der Waals surface area contributed by atoms with Crippen molar-refractivity contribution in [1.29, 1.82) is 0 Å². The smallest absolute Gasteiger partial charge is 0.332 e. The number of rotatable bonds is 8. The first-order valence-electron chi connectivity index (χ1n) is 12.4. The van der Waals surface area contributed by atoms with Crippen molar-refractivity contribution in [3.05, 3.63) is 88.1 Å². The van der Waals surface area contributed by atoms with Gasteiger partial charge in [0.1, 0.15) is 6.54 Å². The molecule has 1 heterocycles. The summed E-state index contributed by atoms with van der Waals surface area (Å²) in [6, 6.07) is 17.5. The molecule has 2 aromatic carbocycles. The van der Waals surface area contributed by atoms with Crippen LogP contribution in [0.25, 0.3) is 0 Å². The number of amides is 3. The summed E-state index contributed by atoms with van der Waals surface area (Å²) in [5.41, 5.74) is -0.269. The van der Waals surface area contributed by atoms with Crippen molar-refractivity contribution in [2.24, 2.45) is 0 Å². The third kappa shape index (κ3) is 7.35. The van der Waals surface area contributed by atoms with Crippen molar-refractivity contribution in [2.45, 2.75) is 57.4 Å². The van der Waals surface area contributed by atoms with Crippen LogP contribution in [-0.4, -0.2) is 34.3 Å². The summed E-state index contributed by atoms with van der Waals surface area (Å²) in [5, 5.41) is 4.40. The zero-order valence-corrected chi connectivity index (χ0v) is 21.2. The topological polar surface area (TPSA) is 52.7 Å². The molecule has 1 fully saturated rings. The van der Waals surface area contributed by atoms with E-state index in [1.165, 1.54) is 23.1 Å². The highest BCUT2D eigenvalue weighted by Gasteiger charge is 2.35. The Morgan fingerprint density at radius 1 is 0.892 bits per heavy atom. The molecule has 37 heavy (non-hydrogen) atoms. The van der Waals surface area contributed by atoms with Crippen LogP contribution in [0.2, 0.25) is 0 Å². The zero-order valence-electron chi connectivity index (χ0n) is 20.4. The molecular weight excluding hydrogens is 499 g/mol. The van der Waals surface area contributed by atoms with Crippen LogP contribution in [0.1, 0.15) is 48.1 Å². The van der Waals surface area contributed by atoms with E-state index in [0.29, 0.717) is 25.9 Å². The first kappa shape index (κ1) is 26.7. The molecule has 1 aliphatic rings. The van der Waals surface area contributed by atoms with Crippen molar-refractivity contribution in [3.8, 4) is 0 Å². The quantitative estimate of drug-likeness (QED) is 0.337. The molecule has 0 bridgehead atoms. The van der Waals surface area contributed by atoms with Crippen LogP contribution in [0.15, 0.2) is 72.1 Å². The highest BCUT2D eigenvalue weighted by molar-refractivity contribution is 7.09. The third-order valence-electron chi connectivity index (χ3n) is 6.55. The Balaban J connectivity index is 1.56. The molecule has 196 valence electrons. The molecular formula is C28H30F3N3O2S. The number of anilines is 1. The number of hydrogen-bond donors (Lipinski definition) is 1. The van der Waals surface area contributed by atoms with Gasteiger partial charge in [0.05, 0.1) is 17.8 Å². The number of nitrogens with one attached hydrogen (secondary N) is 1. The molecule has 1 N–H and O–H groups in total. The van der Waals surface area contributed by atoms with Gasteiger partial charge in [-0.1, -0.05) is 67.8 Å². The summed E-state index contributed by atoms with van der Waals surface area (Å²) in [7, 11) is 0. The van der Waals surface area contributed by atoms with E-state index < -0.39 is 17.8 Å². The lowest BCUT2D eigenvalue weighted by molar-refractivity contribution is -0.137. The van der Waals surface area contributed by atoms with Gasteiger partial charge in [-0.25, -0.2) is 4.79 Å². The number of nitrogens with zero attached hydrogens (tertiary/aromatic N) is 2. The maximum atomic E-state index is 13.6. The molecule has 0 radical (unpaired) electrons. The standard InChI is InChI=1S/C28H30F3N3O2S/c29-28(30,31)24-15-7-8-16-25(24)32-27(36)34(22-12-5-2-6-13-22)20-26(35)33(19-23-14-9-17-37-23)18-21-10-3-1-4-11-21/h1,3-4,7-11,14-17,22H,2,5-6,12-13,18-20H2,(H,32,36). The normalized spacial score (nSPS) is 14.2. The number of halogens is 3. The van der Waals surface area contributed by atoms with Gasteiger partial charge in [-0.05, 0) is 42.0 Å². The van der Waals surface area contributed by atoms with Crippen LogP contribution >= 0.6 is 11.3 Å². The van der Waals surface area contributed by atoms with E-state index in [9.17, 15) is 22.8 Å². The van der Waals surface area contributed by atoms with Crippen molar-refractivity contribution in [1.82, 2.24) is 9.80 Å². The summed E-state index contributed by atoms with van der Waals surface area (Å²) >= 11 is 1.54. The SMILES string of the molecule is O=C(CN(C(=O)Nc1ccccc1C(F)(F)F)C1CCCCC1)N(Cc1ccccc1)Cc1cccs1. The molecule has 0 atom stereocenters. The van der Waals surface area contributed by atoms with Crippen LogP contribution in [0.4, 0.5) is 23.7 Å². The molecule has 9 heteroatoms. The second kappa shape index (κ2) is 12.3. The van der Waals surface area contributed by atoms with E-state index in [-0.39, 0.29) is 24.2 Å². The van der Waals surface area contributed by atoms with Gasteiger partial charge < -0.3 is 15.1 Å². The van der Waals surface area contributed by atoms with E-state index in [4.69, 9.17) is 0 Å². The van der Waals surface area contributed by atoms with Crippen molar-refractivity contribution < 1.29 is 22.8 Å². The van der Waals surface area contributed by atoms with Crippen LogP contribution in [0.3, 0.4) is 0 Å². The average molecular weight is 530 g/mol. The number of para-hydroxylation sites is 1. The number of carbonyl (C=O) groups excluding carboxylic acids is 2.